The number of imide groups is 1. The molecule has 8 rings (SSSR count). The third-order valence-corrected chi connectivity index (χ3v) is 13.6. The third kappa shape index (κ3) is 9.71. The summed E-state index contributed by atoms with van der Waals surface area (Å²) >= 11 is 6.31. The molecule has 5 heterocycles. The highest BCUT2D eigenvalue weighted by Crippen LogP contribution is 2.35. The van der Waals surface area contributed by atoms with E-state index in [0.29, 0.717) is 52.3 Å². The molecule has 0 spiro atoms. The first-order chi connectivity index (χ1) is 30.4. The quantitative estimate of drug-likeness (QED) is 0.137. The molecule has 14 nitrogen and oxygen atoms in total. The first kappa shape index (κ1) is 43.8. The van der Waals surface area contributed by atoms with Crippen LogP contribution in [-0.4, -0.2) is 127 Å². The van der Waals surface area contributed by atoms with Crippen molar-refractivity contribution in [3.63, 3.8) is 0 Å². The number of halogens is 1. The zero-order valence-electron chi connectivity index (χ0n) is 36.1. The van der Waals surface area contributed by atoms with Gasteiger partial charge in [-0.1, -0.05) is 49.7 Å². The van der Waals surface area contributed by atoms with E-state index in [1.165, 1.54) is 4.90 Å². The van der Waals surface area contributed by atoms with Gasteiger partial charge in [-0.3, -0.25) is 34.3 Å². The molecule has 4 fully saturated rings. The maximum absolute atomic E-state index is 13.8. The number of benzene rings is 3. The number of piperazine rings is 1. The Morgan fingerprint density at radius 2 is 1.71 bits per heavy atom. The van der Waals surface area contributed by atoms with Crippen LogP contribution in [0.5, 0.6) is 5.75 Å². The van der Waals surface area contributed by atoms with Gasteiger partial charge in [0.05, 0.1) is 28.6 Å². The van der Waals surface area contributed by atoms with Crippen molar-refractivity contribution in [2.24, 2.45) is 5.92 Å². The smallest absolute Gasteiger partial charge is 0.257 e. The highest BCUT2D eigenvalue weighted by molar-refractivity contribution is 6.30. The number of nitrogens with one attached hydrogen (secondary N) is 1. The van der Waals surface area contributed by atoms with E-state index >= 15 is 0 Å². The fourth-order valence-corrected chi connectivity index (χ4v) is 9.57. The Bertz CT molecular complexity index is 2380. The molecule has 1 unspecified atom stereocenters. The molecular weight excluding hydrogens is 818 g/mol. The summed E-state index contributed by atoms with van der Waals surface area (Å²) in [4.78, 5) is 70.5. The second-order valence-electron chi connectivity index (χ2n) is 17.7. The SMILES string of the molecule is CN(C(=O)c1c(C=O)cccc1N1CCN(CC2CCN(C3CN(c4nccc(COc5ccc(C(C)(C)c6cc(Cl)cc(C#N)c6)cc5)n4)C3)CC2)CC1)C1CCC(=O)NC1=O. The van der Waals surface area contributed by atoms with Gasteiger partial charge in [0.25, 0.3) is 5.91 Å². The number of nitrogens with zero attached hydrogens (tertiary/aromatic N) is 8. The van der Waals surface area contributed by atoms with Crippen LogP contribution in [0.25, 0.3) is 0 Å². The molecular formula is C48H54ClN9O5. The van der Waals surface area contributed by atoms with Gasteiger partial charge in [0.15, 0.2) is 6.29 Å². The number of nitriles is 1. The molecule has 0 aliphatic carbocycles. The monoisotopic (exact) mass is 871 g/mol. The van der Waals surface area contributed by atoms with Crippen LogP contribution in [0.1, 0.15) is 82.6 Å². The zero-order valence-corrected chi connectivity index (χ0v) is 36.9. The lowest BCUT2D eigenvalue weighted by atomic mass is 9.78. The van der Waals surface area contributed by atoms with Crippen LogP contribution in [0.15, 0.2) is 72.9 Å². The van der Waals surface area contributed by atoms with E-state index < -0.39 is 17.9 Å². The van der Waals surface area contributed by atoms with Gasteiger partial charge in [-0.25, -0.2) is 9.97 Å². The molecule has 0 radical (unpaired) electrons. The number of aromatic nitrogens is 2. The molecule has 3 amide bonds. The van der Waals surface area contributed by atoms with Crippen molar-refractivity contribution in [2.75, 3.05) is 75.8 Å². The van der Waals surface area contributed by atoms with Gasteiger partial charge in [-0.15, -0.1) is 0 Å². The molecule has 4 aliphatic heterocycles. The number of rotatable bonds is 13. The number of likely N-dealkylation sites (N-methyl/N-ethyl adjacent to an activating group) is 1. The molecule has 0 saturated carbocycles. The lowest BCUT2D eigenvalue weighted by Gasteiger charge is -2.48. The number of carbonyl (C=O) groups is 4. The molecule has 1 aromatic heterocycles. The van der Waals surface area contributed by atoms with Crippen molar-refractivity contribution in [2.45, 2.75) is 63.6 Å². The fraction of sp³-hybridized carbons (Fsp3) is 0.438. The number of aldehydes is 1. The molecule has 4 saturated heterocycles. The van der Waals surface area contributed by atoms with E-state index in [-0.39, 0.29) is 24.2 Å². The predicted molar refractivity (Wildman–Crippen MR) is 240 cm³/mol. The number of ether oxygens (including phenoxy) is 1. The minimum absolute atomic E-state index is 0.164. The Balaban J connectivity index is 0.773. The standard InChI is InChI=1S/C48H54ClN9O5/c1-48(2,36-23-33(26-50)24-37(49)25-36)35-7-9-40(10-8-35)63-31-38-13-16-51-47(52-38)58-28-39(29-58)56-17-14-32(15-18-56)27-55-19-21-57(22-20-55)41-6-4-5-34(30-59)44(41)46(62)54(3)42-11-12-43(60)53-45(42)61/h4-10,13,16,23-25,30,32,39,42H,11-12,14-15,17-22,27-29,31H2,1-3H3,(H,53,60,61). The van der Waals surface area contributed by atoms with Crippen LogP contribution in [-0.2, 0) is 21.6 Å². The predicted octanol–water partition coefficient (Wildman–Crippen LogP) is 5.32. The summed E-state index contributed by atoms with van der Waals surface area (Å²) in [5, 5.41) is 12.3. The second kappa shape index (κ2) is 18.8. The first-order valence-corrected chi connectivity index (χ1v) is 22.2. The van der Waals surface area contributed by atoms with E-state index in [4.69, 9.17) is 21.3 Å². The van der Waals surface area contributed by atoms with Crippen molar-refractivity contribution in [3.05, 3.63) is 111 Å². The van der Waals surface area contributed by atoms with Gasteiger partial charge < -0.3 is 19.4 Å². The maximum Gasteiger partial charge on any atom is 0.257 e. The fourth-order valence-electron chi connectivity index (χ4n) is 9.33. The zero-order chi connectivity index (χ0) is 44.3. The number of piperidine rings is 2. The minimum Gasteiger partial charge on any atom is -0.487 e. The summed E-state index contributed by atoms with van der Waals surface area (Å²) < 4.78 is 6.14. The van der Waals surface area contributed by atoms with Crippen molar-refractivity contribution >= 4 is 47.2 Å². The van der Waals surface area contributed by atoms with Crippen LogP contribution in [0, 0.1) is 17.2 Å². The summed E-state index contributed by atoms with van der Waals surface area (Å²) in [6.45, 7) is 12.7. The lowest BCUT2D eigenvalue weighted by molar-refractivity contribution is -0.136. The average molecular weight is 872 g/mol. The number of amides is 3. The van der Waals surface area contributed by atoms with Gasteiger partial charge in [0.2, 0.25) is 17.8 Å². The number of hydrogen-bond donors (Lipinski definition) is 1. The Morgan fingerprint density at radius 3 is 2.41 bits per heavy atom. The number of hydrogen-bond acceptors (Lipinski definition) is 12. The molecule has 63 heavy (non-hydrogen) atoms. The number of carbonyl (C=O) groups excluding carboxylic acids is 4. The topological polar surface area (TPSA) is 155 Å². The van der Waals surface area contributed by atoms with E-state index in [0.717, 1.165) is 100 Å². The number of likely N-dealkylation sites (tertiary alicyclic amines) is 1. The molecule has 4 aromatic rings. The van der Waals surface area contributed by atoms with Crippen LogP contribution in [0.2, 0.25) is 5.02 Å². The van der Waals surface area contributed by atoms with Crippen molar-refractivity contribution < 1.29 is 23.9 Å². The van der Waals surface area contributed by atoms with E-state index in [1.54, 1.807) is 31.4 Å². The van der Waals surface area contributed by atoms with E-state index in [1.807, 2.05) is 48.5 Å². The maximum atomic E-state index is 13.8. The van der Waals surface area contributed by atoms with Crippen LogP contribution in [0.3, 0.4) is 0 Å². The summed E-state index contributed by atoms with van der Waals surface area (Å²) in [5.74, 6) is 0.859. The third-order valence-electron chi connectivity index (χ3n) is 13.4. The molecule has 1 N–H and O–H groups in total. The van der Waals surface area contributed by atoms with E-state index in [2.05, 4.69) is 49.8 Å². The number of anilines is 2. The summed E-state index contributed by atoms with van der Waals surface area (Å²) in [6, 6.07) is 22.6. The Morgan fingerprint density at radius 1 is 0.968 bits per heavy atom. The lowest BCUT2D eigenvalue weighted by Crippen LogP contribution is -2.61. The first-order valence-electron chi connectivity index (χ1n) is 21.8. The summed E-state index contributed by atoms with van der Waals surface area (Å²) in [7, 11) is 1.56. The average Bonchev–Trinajstić information content (AvgIpc) is 3.28. The largest absolute Gasteiger partial charge is 0.487 e. The molecule has 0 bridgehead atoms. The van der Waals surface area contributed by atoms with Crippen LogP contribution < -0.4 is 19.9 Å². The summed E-state index contributed by atoms with van der Waals surface area (Å²) in [6.07, 6.45) is 5.21. The van der Waals surface area contributed by atoms with Gasteiger partial charge >= 0.3 is 0 Å². The van der Waals surface area contributed by atoms with Gasteiger partial charge in [-0.05, 0) is 91.9 Å². The van der Waals surface area contributed by atoms with E-state index in [9.17, 15) is 24.4 Å². The highest BCUT2D eigenvalue weighted by atomic mass is 35.5. The van der Waals surface area contributed by atoms with Crippen molar-refractivity contribution in [3.8, 4) is 11.8 Å². The Kier molecular flexibility index (Phi) is 13.1. The Hall–Kier alpha value is -5.88. The molecule has 4 aliphatic rings. The molecule has 1 atom stereocenters. The second-order valence-corrected chi connectivity index (χ2v) is 18.1. The van der Waals surface area contributed by atoms with Crippen molar-refractivity contribution in [1.29, 1.82) is 5.26 Å². The summed E-state index contributed by atoms with van der Waals surface area (Å²) in [5.41, 5.74) is 4.36. The molecule has 3 aromatic carbocycles. The van der Waals surface area contributed by atoms with Crippen molar-refractivity contribution in [1.82, 2.24) is 30.0 Å². The Labute approximate surface area is 373 Å². The molecule has 15 heteroatoms. The minimum atomic E-state index is -0.771. The van der Waals surface area contributed by atoms with Gasteiger partial charge in [0, 0.05) is 87.5 Å². The normalized spacial score (nSPS) is 19.3. The van der Waals surface area contributed by atoms with Crippen LogP contribution in [0.4, 0.5) is 11.6 Å². The van der Waals surface area contributed by atoms with Gasteiger partial charge in [-0.2, -0.15) is 5.26 Å². The highest BCUT2D eigenvalue weighted by Gasteiger charge is 2.37. The van der Waals surface area contributed by atoms with Crippen LogP contribution >= 0.6 is 11.6 Å². The van der Waals surface area contributed by atoms with Gasteiger partial charge in [0.1, 0.15) is 18.4 Å². The molecule has 328 valence electrons.